The number of hydrogen-bond donors (Lipinski definition) is 2. The maximum atomic E-state index is 12.5. The predicted octanol–water partition coefficient (Wildman–Crippen LogP) is 3.77. The molecule has 0 saturated carbocycles. The molecule has 2 amide bonds. The van der Waals surface area contributed by atoms with Crippen LogP contribution in [0.3, 0.4) is 0 Å². The average Bonchev–Trinajstić information content (AvgIpc) is 3.10. The lowest BCUT2D eigenvalue weighted by molar-refractivity contribution is -0.119. The quantitative estimate of drug-likeness (QED) is 0.680. The number of carbonyl (C=O) groups is 2. The van der Waals surface area contributed by atoms with E-state index in [0.717, 1.165) is 29.8 Å². The first-order valence-corrected chi connectivity index (χ1v) is 9.91. The highest BCUT2D eigenvalue weighted by Gasteiger charge is 2.26. The minimum absolute atomic E-state index is 0.109. The molecule has 1 heterocycles. The van der Waals surface area contributed by atoms with E-state index in [4.69, 9.17) is 4.74 Å². The number of ether oxygens (including phenoxy) is 1. The zero-order chi connectivity index (χ0) is 19.6. The SMILES string of the molecule is CCCCc1nnc(NC(=O)[C@@H](NC(=O)OCc2ccccc2)C(C)C)s1. The summed E-state index contributed by atoms with van der Waals surface area (Å²) in [4.78, 5) is 24.6. The monoisotopic (exact) mass is 390 g/mol. The molecule has 1 aromatic carbocycles. The molecule has 0 unspecified atom stereocenters. The van der Waals surface area contributed by atoms with Crippen LogP contribution in [-0.4, -0.2) is 28.2 Å². The Kier molecular flexibility index (Phi) is 8.19. The van der Waals surface area contributed by atoms with Gasteiger partial charge in [0.2, 0.25) is 11.0 Å². The van der Waals surface area contributed by atoms with E-state index >= 15 is 0 Å². The summed E-state index contributed by atoms with van der Waals surface area (Å²) in [6.07, 6.45) is 2.33. The predicted molar refractivity (Wildman–Crippen MR) is 106 cm³/mol. The molecule has 1 aromatic heterocycles. The second-order valence-electron chi connectivity index (χ2n) is 6.52. The summed E-state index contributed by atoms with van der Waals surface area (Å²) in [6.45, 7) is 5.97. The van der Waals surface area contributed by atoms with E-state index in [1.54, 1.807) is 0 Å². The lowest BCUT2D eigenvalue weighted by Gasteiger charge is -2.20. The number of amides is 2. The van der Waals surface area contributed by atoms with Gasteiger partial charge in [-0.25, -0.2) is 4.79 Å². The van der Waals surface area contributed by atoms with Crippen LogP contribution in [0.4, 0.5) is 9.93 Å². The number of hydrogen-bond acceptors (Lipinski definition) is 6. The first-order valence-electron chi connectivity index (χ1n) is 9.10. The van der Waals surface area contributed by atoms with E-state index in [0.29, 0.717) is 5.13 Å². The van der Waals surface area contributed by atoms with Gasteiger partial charge >= 0.3 is 6.09 Å². The Labute approximate surface area is 163 Å². The number of unbranched alkanes of at least 4 members (excludes halogenated alkanes) is 1. The Hall–Kier alpha value is -2.48. The Balaban J connectivity index is 1.88. The molecule has 0 radical (unpaired) electrons. The molecule has 8 heteroatoms. The van der Waals surface area contributed by atoms with Crippen molar-refractivity contribution in [1.82, 2.24) is 15.5 Å². The normalized spacial score (nSPS) is 11.9. The molecule has 2 aromatic rings. The van der Waals surface area contributed by atoms with Crippen molar-refractivity contribution in [3.63, 3.8) is 0 Å². The van der Waals surface area contributed by atoms with Crippen LogP contribution in [0.1, 0.15) is 44.2 Å². The molecule has 0 fully saturated rings. The van der Waals surface area contributed by atoms with Crippen molar-refractivity contribution in [3.05, 3.63) is 40.9 Å². The second kappa shape index (κ2) is 10.6. The van der Waals surface area contributed by atoms with Crippen LogP contribution in [0.2, 0.25) is 0 Å². The van der Waals surface area contributed by atoms with Crippen molar-refractivity contribution >= 4 is 28.5 Å². The fraction of sp³-hybridized carbons (Fsp3) is 0.474. The maximum absolute atomic E-state index is 12.5. The third kappa shape index (κ3) is 6.97. The van der Waals surface area contributed by atoms with Crippen LogP contribution >= 0.6 is 11.3 Å². The smallest absolute Gasteiger partial charge is 0.408 e. The molecule has 2 rings (SSSR count). The summed E-state index contributed by atoms with van der Waals surface area (Å²) in [5.41, 5.74) is 0.881. The van der Waals surface area contributed by atoms with Gasteiger partial charge in [-0.1, -0.05) is 68.9 Å². The van der Waals surface area contributed by atoms with Crippen molar-refractivity contribution in [3.8, 4) is 0 Å². The van der Waals surface area contributed by atoms with Gasteiger partial charge in [0.15, 0.2) is 0 Å². The minimum atomic E-state index is -0.726. The van der Waals surface area contributed by atoms with Crippen LogP contribution in [-0.2, 0) is 22.6 Å². The van der Waals surface area contributed by atoms with Crippen molar-refractivity contribution < 1.29 is 14.3 Å². The van der Waals surface area contributed by atoms with E-state index in [1.165, 1.54) is 11.3 Å². The Morgan fingerprint density at radius 3 is 2.59 bits per heavy atom. The maximum Gasteiger partial charge on any atom is 0.408 e. The molecular weight excluding hydrogens is 364 g/mol. The number of rotatable bonds is 9. The van der Waals surface area contributed by atoms with E-state index in [1.807, 2.05) is 44.2 Å². The fourth-order valence-electron chi connectivity index (χ4n) is 2.34. The van der Waals surface area contributed by atoms with Gasteiger partial charge < -0.3 is 10.1 Å². The highest BCUT2D eigenvalue weighted by Crippen LogP contribution is 2.18. The fourth-order valence-corrected chi connectivity index (χ4v) is 3.13. The highest BCUT2D eigenvalue weighted by atomic mass is 32.1. The van der Waals surface area contributed by atoms with E-state index in [-0.39, 0.29) is 18.4 Å². The zero-order valence-corrected chi connectivity index (χ0v) is 16.7. The second-order valence-corrected chi connectivity index (χ2v) is 7.58. The molecule has 27 heavy (non-hydrogen) atoms. The van der Waals surface area contributed by atoms with Gasteiger partial charge in [-0.2, -0.15) is 0 Å². The molecule has 0 bridgehead atoms. The zero-order valence-electron chi connectivity index (χ0n) is 15.9. The van der Waals surface area contributed by atoms with Crippen molar-refractivity contribution in [2.45, 2.75) is 52.7 Å². The average molecular weight is 391 g/mol. The van der Waals surface area contributed by atoms with Gasteiger partial charge in [-0.3, -0.25) is 10.1 Å². The Morgan fingerprint density at radius 1 is 1.19 bits per heavy atom. The standard InChI is InChI=1S/C19H26N4O3S/c1-4-5-11-15-22-23-18(27-15)21-17(24)16(13(2)3)20-19(25)26-12-14-9-7-6-8-10-14/h6-10,13,16H,4-5,11-12H2,1-3H3,(H,20,25)(H,21,23,24)/t16-/m0/s1. The molecular formula is C19H26N4O3S. The van der Waals surface area contributed by atoms with Crippen LogP contribution in [0.25, 0.3) is 0 Å². The number of nitrogens with zero attached hydrogens (tertiary/aromatic N) is 2. The molecule has 146 valence electrons. The minimum Gasteiger partial charge on any atom is -0.445 e. The van der Waals surface area contributed by atoms with Gasteiger partial charge in [-0.05, 0) is 17.9 Å². The molecule has 2 N–H and O–H groups in total. The summed E-state index contributed by atoms with van der Waals surface area (Å²) < 4.78 is 5.20. The topological polar surface area (TPSA) is 93.2 Å². The van der Waals surface area contributed by atoms with Crippen LogP contribution < -0.4 is 10.6 Å². The molecule has 0 aliphatic rings. The van der Waals surface area contributed by atoms with Gasteiger partial charge in [0, 0.05) is 6.42 Å². The van der Waals surface area contributed by atoms with Crippen molar-refractivity contribution in [1.29, 1.82) is 0 Å². The number of anilines is 1. The Morgan fingerprint density at radius 2 is 1.93 bits per heavy atom. The third-order valence-corrected chi connectivity index (χ3v) is 4.77. The lowest BCUT2D eigenvalue weighted by Crippen LogP contribution is -2.47. The third-order valence-electron chi connectivity index (χ3n) is 3.88. The molecule has 0 spiro atoms. The number of benzene rings is 1. The van der Waals surface area contributed by atoms with Crippen LogP contribution in [0, 0.1) is 5.92 Å². The molecule has 0 saturated heterocycles. The van der Waals surface area contributed by atoms with Crippen molar-refractivity contribution in [2.24, 2.45) is 5.92 Å². The molecule has 0 aliphatic heterocycles. The largest absolute Gasteiger partial charge is 0.445 e. The number of aromatic nitrogens is 2. The summed E-state index contributed by atoms with van der Waals surface area (Å²) in [6, 6.07) is 8.65. The van der Waals surface area contributed by atoms with Crippen LogP contribution in [0.5, 0.6) is 0 Å². The van der Waals surface area contributed by atoms with Gasteiger partial charge in [0.1, 0.15) is 17.7 Å². The summed E-state index contributed by atoms with van der Waals surface area (Å²) in [5.74, 6) is -0.443. The van der Waals surface area contributed by atoms with Crippen LogP contribution in [0.15, 0.2) is 30.3 Å². The number of alkyl carbamates (subject to hydrolysis) is 1. The van der Waals surface area contributed by atoms with Gasteiger partial charge in [0.05, 0.1) is 0 Å². The van der Waals surface area contributed by atoms with Gasteiger partial charge in [-0.15, -0.1) is 10.2 Å². The number of aryl methyl sites for hydroxylation is 1. The van der Waals surface area contributed by atoms with E-state index in [9.17, 15) is 9.59 Å². The summed E-state index contributed by atoms with van der Waals surface area (Å²) in [7, 11) is 0. The lowest BCUT2D eigenvalue weighted by atomic mass is 10.0. The molecule has 0 aliphatic carbocycles. The summed E-state index contributed by atoms with van der Waals surface area (Å²) in [5, 5.41) is 14.8. The first-order chi connectivity index (χ1) is 13.0. The summed E-state index contributed by atoms with van der Waals surface area (Å²) >= 11 is 1.36. The number of carbonyl (C=O) groups excluding carboxylic acids is 2. The van der Waals surface area contributed by atoms with Gasteiger partial charge in [0.25, 0.3) is 0 Å². The number of nitrogens with one attached hydrogen (secondary N) is 2. The Bertz CT molecular complexity index is 734. The molecule has 1 atom stereocenters. The van der Waals surface area contributed by atoms with Crippen molar-refractivity contribution in [2.75, 3.05) is 5.32 Å². The highest BCUT2D eigenvalue weighted by molar-refractivity contribution is 7.15. The van der Waals surface area contributed by atoms with E-state index in [2.05, 4.69) is 27.8 Å². The first kappa shape index (κ1) is 20.8. The molecule has 7 nitrogen and oxygen atoms in total. The van der Waals surface area contributed by atoms with E-state index < -0.39 is 12.1 Å².